The van der Waals surface area contributed by atoms with Gasteiger partial charge in [0.25, 0.3) is 0 Å². The number of methoxy groups -OCH3 is 1. The fourth-order valence-electron chi connectivity index (χ4n) is 1.80. The zero-order valence-electron chi connectivity index (χ0n) is 13.2. The third-order valence-electron chi connectivity index (χ3n) is 2.97. The zero-order valence-corrected chi connectivity index (χ0v) is 13.2. The maximum absolute atomic E-state index is 13.1. The molecule has 0 saturated carbocycles. The van der Waals surface area contributed by atoms with E-state index in [-0.39, 0.29) is 17.9 Å². The Morgan fingerprint density at radius 1 is 1.27 bits per heavy atom. The average Bonchev–Trinajstić information content (AvgIpc) is 2.46. The summed E-state index contributed by atoms with van der Waals surface area (Å²) in [6.07, 6.45) is -4.43. The van der Waals surface area contributed by atoms with Gasteiger partial charge >= 0.3 is 6.18 Å². The van der Waals surface area contributed by atoms with Crippen LogP contribution in [0.2, 0.25) is 0 Å². The second-order valence-electron chi connectivity index (χ2n) is 5.22. The molecule has 22 heavy (non-hydrogen) atoms. The number of guanidine groups is 1. The van der Waals surface area contributed by atoms with Crippen LogP contribution in [0.15, 0.2) is 23.2 Å². The van der Waals surface area contributed by atoms with Crippen molar-refractivity contribution in [1.82, 2.24) is 10.6 Å². The van der Waals surface area contributed by atoms with E-state index in [4.69, 9.17) is 4.74 Å². The summed E-state index contributed by atoms with van der Waals surface area (Å²) in [4.78, 5) is 3.99. The van der Waals surface area contributed by atoms with Crippen molar-refractivity contribution < 1.29 is 17.9 Å². The summed E-state index contributed by atoms with van der Waals surface area (Å²) in [6, 6.07) is 3.92. The Kier molecular flexibility index (Phi) is 6.52. The number of nitrogens with zero attached hydrogens (tertiary/aromatic N) is 1. The SMILES string of the molecule is CN=C(NCc1ccc(OC)cc1C(F)(F)F)NCC(C)C. The molecule has 0 aliphatic heterocycles. The van der Waals surface area contributed by atoms with E-state index in [0.29, 0.717) is 18.4 Å². The predicted molar refractivity (Wildman–Crippen MR) is 81.0 cm³/mol. The molecule has 0 aliphatic carbocycles. The van der Waals surface area contributed by atoms with E-state index < -0.39 is 11.7 Å². The van der Waals surface area contributed by atoms with Gasteiger partial charge in [0.05, 0.1) is 12.7 Å². The average molecular weight is 317 g/mol. The molecule has 0 radical (unpaired) electrons. The van der Waals surface area contributed by atoms with Crippen molar-refractivity contribution >= 4 is 5.96 Å². The normalized spacial score (nSPS) is 12.5. The Morgan fingerprint density at radius 2 is 1.95 bits per heavy atom. The quantitative estimate of drug-likeness (QED) is 0.648. The topological polar surface area (TPSA) is 45.7 Å². The van der Waals surface area contributed by atoms with Gasteiger partial charge in [-0.05, 0) is 23.6 Å². The van der Waals surface area contributed by atoms with E-state index in [1.54, 1.807) is 7.05 Å². The molecule has 7 heteroatoms. The Morgan fingerprint density at radius 3 is 2.45 bits per heavy atom. The van der Waals surface area contributed by atoms with Crippen LogP contribution in [-0.4, -0.2) is 26.7 Å². The maximum atomic E-state index is 13.1. The summed E-state index contributed by atoms with van der Waals surface area (Å²) in [7, 11) is 2.92. The zero-order chi connectivity index (χ0) is 16.8. The molecule has 2 N–H and O–H groups in total. The number of nitrogens with one attached hydrogen (secondary N) is 2. The van der Waals surface area contributed by atoms with Gasteiger partial charge in [0.1, 0.15) is 5.75 Å². The fraction of sp³-hybridized carbons (Fsp3) is 0.533. The molecule has 0 saturated heterocycles. The van der Waals surface area contributed by atoms with E-state index in [1.165, 1.54) is 19.2 Å². The van der Waals surface area contributed by atoms with Gasteiger partial charge in [0, 0.05) is 20.1 Å². The number of hydrogen-bond donors (Lipinski definition) is 2. The molecule has 1 aromatic carbocycles. The van der Waals surface area contributed by atoms with Crippen LogP contribution in [-0.2, 0) is 12.7 Å². The highest BCUT2D eigenvalue weighted by Gasteiger charge is 2.33. The minimum Gasteiger partial charge on any atom is -0.497 e. The van der Waals surface area contributed by atoms with E-state index in [1.807, 2.05) is 13.8 Å². The summed E-state index contributed by atoms with van der Waals surface area (Å²) < 4.78 is 44.1. The highest BCUT2D eigenvalue weighted by atomic mass is 19.4. The molecule has 0 heterocycles. The first-order valence-electron chi connectivity index (χ1n) is 6.96. The van der Waals surface area contributed by atoms with Crippen LogP contribution in [0.4, 0.5) is 13.2 Å². The van der Waals surface area contributed by atoms with Gasteiger partial charge in [-0.25, -0.2) is 0 Å². The number of aliphatic imine (C=N–C) groups is 1. The molecule has 124 valence electrons. The molecule has 0 atom stereocenters. The van der Waals surface area contributed by atoms with Gasteiger partial charge in [0.15, 0.2) is 5.96 Å². The van der Waals surface area contributed by atoms with Crippen LogP contribution in [0.3, 0.4) is 0 Å². The molecule has 0 spiro atoms. The largest absolute Gasteiger partial charge is 0.497 e. The first-order chi connectivity index (χ1) is 10.3. The third kappa shape index (κ3) is 5.46. The van der Waals surface area contributed by atoms with Crippen molar-refractivity contribution in [1.29, 1.82) is 0 Å². The van der Waals surface area contributed by atoms with Gasteiger partial charge in [-0.2, -0.15) is 13.2 Å². The molecule has 0 bridgehead atoms. The first kappa shape index (κ1) is 18.1. The molecule has 0 unspecified atom stereocenters. The van der Waals surface area contributed by atoms with E-state index >= 15 is 0 Å². The van der Waals surface area contributed by atoms with Gasteiger partial charge in [-0.1, -0.05) is 19.9 Å². The van der Waals surface area contributed by atoms with Gasteiger partial charge < -0.3 is 15.4 Å². The van der Waals surface area contributed by atoms with Crippen LogP contribution in [0.25, 0.3) is 0 Å². The number of ether oxygens (including phenoxy) is 1. The van der Waals surface area contributed by atoms with E-state index in [9.17, 15) is 13.2 Å². The number of hydrogen-bond acceptors (Lipinski definition) is 2. The first-order valence-corrected chi connectivity index (χ1v) is 6.96. The predicted octanol–water partition coefficient (Wildman–Crippen LogP) is 3.04. The van der Waals surface area contributed by atoms with E-state index in [0.717, 1.165) is 6.07 Å². The van der Waals surface area contributed by atoms with Crippen molar-refractivity contribution in [2.24, 2.45) is 10.9 Å². The lowest BCUT2D eigenvalue weighted by atomic mass is 10.1. The van der Waals surface area contributed by atoms with Crippen molar-refractivity contribution in [3.05, 3.63) is 29.3 Å². The Labute approximate surface area is 128 Å². The molecular weight excluding hydrogens is 295 g/mol. The number of alkyl halides is 3. The molecule has 0 aliphatic rings. The number of benzene rings is 1. The second kappa shape index (κ2) is 7.91. The Balaban J connectivity index is 2.84. The Bertz CT molecular complexity index is 513. The van der Waals surface area contributed by atoms with Crippen LogP contribution in [0.1, 0.15) is 25.0 Å². The fourth-order valence-corrected chi connectivity index (χ4v) is 1.80. The van der Waals surface area contributed by atoms with Crippen molar-refractivity contribution in [2.75, 3.05) is 20.7 Å². The minimum atomic E-state index is -4.43. The number of rotatable bonds is 5. The van der Waals surface area contributed by atoms with Crippen LogP contribution in [0.5, 0.6) is 5.75 Å². The highest BCUT2D eigenvalue weighted by Crippen LogP contribution is 2.34. The summed E-state index contributed by atoms with van der Waals surface area (Å²) in [5.41, 5.74) is -0.570. The molecule has 0 amide bonds. The van der Waals surface area contributed by atoms with Crippen molar-refractivity contribution in [3.8, 4) is 5.75 Å². The van der Waals surface area contributed by atoms with Gasteiger partial charge in [-0.3, -0.25) is 4.99 Å². The summed E-state index contributed by atoms with van der Waals surface area (Å²) in [5.74, 6) is 1.06. The molecule has 1 aromatic rings. The summed E-state index contributed by atoms with van der Waals surface area (Å²) in [5, 5.41) is 5.94. The smallest absolute Gasteiger partial charge is 0.416 e. The number of halogens is 3. The monoisotopic (exact) mass is 317 g/mol. The van der Waals surface area contributed by atoms with Crippen LogP contribution < -0.4 is 15.4 Å². The van der Waals surface area contributed by atoms with Crippen LogP contribution in [0, 0.1) is 5.92 Å². The van der Waals surface area contributed by atoms with Gasteiger partial charge in [0.2, 0.25) is 0 Å². The standard InChI is InChI=1S/C15H22F3N3O/c1-10(2)8-20-14(19-3)21-9-11-5-6-12(22-4)7-13(11)15(16,17)18/h5-7,10H,8-9H2,1-4H3,(H2,19,20,21). The lowest BCUT2D eigenvalue weighted by Gasteiger charge is -2.17. The molecule has 1 rings (SSSR count). The summed E-state index contributed by atoms with van der Waals surface area (Å²) in [6.45, 7) is 4.78. The van der Waals surface area contributed by atoms with Gasteiger partial charge in [-0.15, -0.1) is 0 Å². The highest BCUT2D eigenvalue weighted by molar-refractivity contribution is 5.79. The molecule has 0 aromatic heterocycles. The molecular formula is C15H22F3N3O. The lowest BCUT2D eigenvalue weighted by molar-refractivity contribution is -0.138. The second-order valence-corrected chi connectivity index (χ2v) is 5.22. The van der Waals surface area contributed by atoms with Crippen molar-refractivity contribution in [3.63, 3.8) is 0 Å². The molecule has 4 nitrogen and oxygen atoms in total. The van der Waals surface area contributed by atoms with Crippen molar-refractivity contribution in [2.45, 2.75) is 26.6 Å². The van der Waals surface area contributed by atoms with Crippen LogP contribution >= 0.6 is 0 Å². The third-order valence-corrected chi connectivity index (χ3v) is 2.97. The minimum absolute atomic E-state index is 0.0244. The maximum Gasteiger partial charge on any atom is 0.416 e. The Hall–Kier alpha value is -1.92. The summed E-state index contributed by atoms with van der Waals surface area (Å²) >= 11 is 0. The molecule has 0 fully saturated rings. The lowest BCUT2D eigenvalue weighted by Crippen LogP contribution is -2.38. The van der Waals surface area contributed by atoms with E-state index in [2.05, 4.69) is 15.6 Å².